The van der Waals surface area contributed by atoms with Gasteiger partial charge in [0, 0.05) is 19.3 Å². The van der Waals surface area contributed by atoms with Gasteiger partial charge in [0.15, 0.2) is 0 Å². The van der Waals surface area contributed by atoms with Crippen LogP contribution in [0.2, 0.25) is 0 Å². The van der Waals surface area contributed by atoms with Crippen LogP contribution in [0.5, 0.6) is 0 Å². The number of carbonyl (C=O) groups excluding carboxylic acids is 1. The first kappa shape index (κ1) is 11.1. The van der Waals surface area contributed by atoms with Gasteiger partial charge in [0.05, 0.1) is 18.8 Å². The van der Waals surface area contributed by atoms with Gasteiger partial charge in [-0.15, -0.1) is 0 Å². The molecule has 0 saturated carbocycles. The Morgan fingerprint density at radius 3 is 3.19 bits per heavy atom. The molecule has 6 heteroatoms. The van der Waals surface area contributed by atoms with Crippen molar-refractivity contribution in [3.05, 3.63) is 18.0 Å². The lowest BCUT2D eigenvalue weighted by Crippen LogP contribution is -2.50. The summed E-state index contributed by atoms with van der Waals surface area (Å²) in [5.41, 5.74) is 0.464. The van der Waals surface area contributed by atoms with Gasteiger partial charge < -0.3 is 14.7 Å². The highest BCUT2D eigenvalue weighted by Crippen LogP contribution is 2.13. The average Bonchev–Trinajstić information content (AvgIpc) is 2.80. The van der Waals surface area contributed by atoms with E-state index in [1.165, 1.54) is 0 Å². The summed E-state index contributed by atoms with van der Waals surface area (Å²) in [7, 11) is 0. The zero-order valence-corrected chi connectivity index (χ0v) is 9.09. The van der Waals surface area contributed by atoms with Crippen molar-refractivity contribution in [2.24, 2.45) is 0 Å². The average molecular weight is 225 g/mol. The van der Waals surface area contributed by atoms with Crippen LogP contribution in [0.4, 0.5) is 0 Å². The minimum absolute atomic E-state index is 0.0576. The molecule has 1 aromatic heterocycles. The van der Waals surface area contributed by atoms with E-state index in [4.69, 9.17) is 9.84 Å². The smallest absolute Gasteiger partial charge is 0.272 e. The predicted molar refractivity (Wildman–Crippen MR) is 55.9 cm³/mol. The number of hydrogen-bond donors (Lipinski definition) is 2. The predicted octanol–water partition coefficient (Wildman–Crippen LogP) is -0.369. The van der Waals surface area contributed by atoms with E-state index in [2.05, 4.69) is 10.2 Å². The number of aliphatic hydroxyl groups is 1. The molecule has 2 N–H and O–H groups in total. The number of hydrogen-bond acceptors (Lipinski definition) is 4. The van der Waals surface area contributed by atoms with E-state index in [0.29, 0.717) is 18.8 Å². The minimum Gasteiger partial charge on any atom is -0.394 e. The van der Waals surface area contributed by atoms with Crippen molar-refractivity contribution in [2.75, 3.05) is 19.7 Å². The van der Waals surface area contributed by atoms with Crippen molar-refractivity contribution >= 4 is 5.91 Å². The molecule has 2 unspecified atom stereocenters. The largest absolute Gasteiger partial charge is 0.394 e. The van der Waals surface area contributed by atoms with Crippen LogP contribution in [0.3, 0.4) is 0 Å². The van der Waals surface area contributed by atoms with Gasteiger partial charge >= 0.3 is 0 Å². The highest BCUT2D eigenvalue weighted by molar-refractivity contribution is 5.92. The molecular formula is C10H15N3O3. The summed E-state index contributed by atoms with van der Waals surface area (Å²) in [6.07, 6.45) is 1.19. The Hall–Kier alpha value is -1.40. The Kier molecular flexibility index (Phi) is 3.21. The number of aromatic nitrogens is 2. The zero-order valence-electron chi connectivity index (χ0n) is 9.09. The normalized spacial score (nSPS) is 25.8. The van der Waals surface area contributed by atoms with Crippen molar-refractivity contribution in [2.45, 2.75) is 19.1 Å². The molecule has 16 heavy (non-hydrogen) atoms. The molecule has 0 aromatic carbocycles. The van der Waals surface area contributed by atoms with Crippen LogP contribution in [0.1, 0.15) is 17.4 Å². The summed E-state index contributed by atoms with van der Waals surface area (Å²) >= 11 is 0. The third kappa shape index (κ3) is 2.23. The van der Waals surface area contributed by atoms with Gasteiger partial charge in [0.2, 0.25) is 0 Å². The molecule has 2 atom stereocenters. The highest BCUT2D eigenvalue weighted by atomic mass is 16.5. The number of rotatable bonds is 2. The summed E-state index contributed by atoms with van der Waals surface area (Å²) in [6, 6.07) is 1.64. The lowest BCUT2D eigenvalue weighted by atomic mass is 10.2. The number of carbonyl (C=O) groups is 1. The van der Waals surface area contributed by atoms with E-state index in [1.54, 1.807) is 17.2 Å². The SMILES string of the molecule is CC1CN(C(=O)c2ccn[nH]2)CC(CO)O1. The number of nitrogens with one attached hydrogen (secondary N) is 1. The molecule has 2 heterocycles. The quantitative estimate of drug-likeness (QED) is 0.720. The third-order valence-corrected chi connectivity index (χ3v) is 2.55. The second-order valence-electron chi connectivity index (χ2n) is 3.93. The first-order chi connectivity index (χ1) is 7.70. The van der Waals surface area contributed by atoms with Crippen molar-refractivity contribution in [3.8, 4) is 0 Å². The Morgan fingerprint density at radius 1 is 1.75 bits per heavy atom. The van der Waals surface area contributed by atoms with Gasteiger partial charge in [-0.1, -0.05) is 0 Å². The summed E-state index contributed by atoms with van der Waals surface area (Å²) in [4.78, 5) is 13.7. The van der Waals surface area contributed by atoms with Crippen molar-refractivity contribution in [1.29, 1.82) is 0 Å². The van der Waals surface area contributed by atoms with Gasteiger partial charge in [-0.25, -0.2) is 0 Å². The second-order valence-corrected chi connectivity index (χ2v) is 3.93. The van der Waals surface area contributed by atoms with Crippen LogP contribution < -0.4 is 0 Å². The van der Waals surface area contributed by atoms with Crippen LogP contribution >= 0.6 is 0 Å². The maximum atomic E-state index is 12.0. The monoisotopic (exact) mass is 225 g/mol. The highest BCUT2D eigenvalue weighted by Gasteiger charge is 2.28. The van der Waals surface area contributed by atoms with Gasteiger partial charge in [-0.3, -0.25) is 9.89 Å². The molecule has 1 aliphatic rings. The van der Waals surface area contributed by atoms with Crippen molar-refractivity contribution < 1.29 is 14.6 Å². The molecule has 0 radical (unpaired) electrons. The molecular weight excluding hydrogens is 210 g/mol. The lowest BCUT2D eigenvalue weighted by molar-refractivity contribution is -0.0859. The lowest BCUT2D eigenvalue weighted by Gasteiger charge is -2.35. The van der Waals surface area contributed by atoms with Gasteiger partial charge in [-0.2, -0.15) is 5.10 Å². The number of H-pyrrole nitrogens is 1. The van der Waals surface area contributed by atoms with Crippen LogP contribution in [-0.4, -0.2) is 58.0 Å². The number of aromatic amines is 1. The number of ether oxygens (including phenoxy) is 1. The molecule has 1 amide bonds. The molecule has 0 aliphatic carbocycles. The fraction of sp³-hybridized carbons (Fsp3) is 0.600. The first-order valence-corrected chi connectivity index (χ1v) is 5.25. The third-order valence-electron chi connectivity index (χ3n) is 2.55. The maximum Gasteiger partial charge on any atom is 0.272 e. The summed E-state index contributed by atoms with van der Waals surface area (Å²) < 4.78 is 5.46. The molecule has 1 aliphatic heterocycles. The van der Waals surface area contributed by atoms with Crippen LogP contribution in [-0.2, 0) is 4.74 Å². The van der Waals surface area contributed by atoms with Gasteiger partial charge in [-0.05, 0) is 13.0 Å². The summed E-state index contributed by atoms with van der Waals surface area (Å²) in [5.74, 6) is -0.105. The Bertz CT molecular complexity index is 352. The fourth-order valence-electron chi connectivity index (χ4n) is 1.86. The second kappa shape index (κ2) is 4.63. The fourth-order valence-corrected chi connectivity index (χ4v) is 1.86. The van der Waals surface area contributed by atoms with Crippen molar-refractivity contribution in [1.82, 2.24) is 15.1 Å². The summed E-state index contributed by atoms with van der Waals surface area (Å²) in [5, 5.41) is 15.4. The van der Waals surface area contributed by atoms with E-state index in [0.717, 1.165) is 0 Å². The molecule has 1 fully saturated rings. The molecule has 0 bridgehead atoms. The number of aliphatic hydroxyl groups excluding tert-OH is 1. The summed E-state index contributed by atoms with van der Waals surface area (Å²) in [6.45, 7) is 2.76. The van der Waals surface area contributed by atoms with Crippen LogP contribution in [0.15, 0.2) is 12.3 Å². The van der Waals surface area contributed by atoms with E-state index >= 15 is 0 Å². The molecule has 1 saturated heterocycles. The molecule has 1 aromatic rings. The minimum atomic E-state index is -0.296. The van der Waals surface area contributed by atoms with E-state index < -0.39 is 0 Å². The molecule has 6 nitrogen and oxygen atoms in total. The number of morpholine rings is 1. The Labute approximate surface area is 93.2 Å². The maximum absolute atomic E-state index is 12.0. The Morgan fingerprint density at radius 2 is 2.56 bits per heavy atom. The molecule has 88 valence electrons. The topological polar surface area (TPSA) is 78.5 Å². The molecule has 0 spiro atoms. The Balaban J connectivity index is 2.06. The van der Waals surface area contributed by atoms with Crippen LogP contribution in [0, 0.1) is 0 Å². The first-order valence-electron chi connectivity index (χ1n) is 5.25. The van der Waals surface area contributed by atoms with E-state index in [9.17, 15) is 4.79 Å². The zero-order chi connectivity index (χ0) is 11.5. The van der Waals surface area contributed by atoms with E-state index in [1.807, 2.05) is 6.92 Å². The standard InChI is InChI=1S/C10H15N3O3/c1-7-4-13(5-8(6-14)16-7)10(15)9-2-3-11-12-9/h2-3,7-8,14H,4-6H2,1H3,(H,11,12). The number of nitrogens with zero attached hydrogens (tertiary/aromatic N) is 2. The number of amides is 1. The van der Waals surface area contributed by atoms with E-state index in [-0.39, 0.29) is 24.7 Å². The van der Waals surface area contributed by atoms with Gasteiger partial charge in [0.1, 0.15) is 5.69 Å². The van der Waals surface area contributed by atoms with Crippen molar-refractivity contribution in [3.63, 3.8) is 0 Å². The van der Waals surface area contributed by atoms with Crippen LogP contribution in [0.25, 0.3) is 0 Å². The molecule has 2 rings (SSSR count). The van der Waals surface area contributed by atoms with Gasteiger partial charge in [0.25, 0.3) is 5.91 Å².